The molecule has 9 nitrogen and oxygen atoms in total. The Morgan fingerprint density at radius 3 is 2.82 bits per heavy atom. The van der Waals surface area contributed by atoms with Gasteiger partial charge in [0.25, 0.3) is 5.56 Å². The lowest BCUT2D eigenvalue weighted by atomic mass is 10.1. The summed E-state index contributed by atoms with van der Waals surface area (Å²) in [5, 5.41) is 10.3. The molecule has 0 aliphatic heterocycles. The third-order valence-electron chi connectivity index (χ3n) is 5.06. The van der Waals surface area contributed by atoms with Crippen LogP contribution in [0.1, 0.15) is 29.8 Å². The van der Waals surface area contributed by atoms with E-state index < -0.39 is 6.04 Å². The first kappa shape index (κ1) is 23.7. The number of rotatable bonds is 7. The third kappa shape index (κ3) is 4.90. The number of hydrogen-bond donors (Lipinski definition) is 1. The molecule has 0 aliphatic rings. The molecular formula is C23H18ClIN6O3. The number of fused-ring (bicyclic) bond motifs is 1. The maximum absolute atomic E-state index is 12.9. The Labute approximate surface area is 213 Å². The number of aromatic nitrogens is 4. The van der Waals surface area contributed by atoms with Gasteiger partial charge in [0.15, 0.2) is 0 Å². The van der Waals surface area contributed by atoms with E-state index in [4.69, 9.17) is 26.3 Å². The van der Waals surface area contributed by atoms with Crippen LogP contribution in [0.5, 0.6) is 11.6 Å². The van der Waals surface area contributed by atoms with Gasteiger partial charge in [-0.2, -0.15) is 10.2 Å². The molecule has 0 unspecified atom stereocenters. The van der Waals surface area contributed by atoms with Crippen LogP contribution < -0.4 is 18.1 Å². The highest BCUT2D eigenvalue weighted by Gasteiger charge is 2.22. The van der Waals surface area contributed by atoms with Crippen LogP contribution in [0.4, 0.5) is 5.95 Å². The van der Waals surface area contributed by atoms with Crippen molar-refractivity contribution in [3.05, 3.63) is 81.0 Å². The van der Waals surface area contributed by atoms with E-state index in [9.17, 15) is 4.79 Å². The molecule has 1 N–H and O–H groups in total. The maximum atomic E-state index is 12.9. The van der Waals surface area contributed by atoms with Crippen molar-refractivity contribution < 1.29 is 9.47 Å². The smallest absolute Gasteiger partial charge is 0.253 e. The van der Waals surface area contributed by atoms with E-state index in [0.29, 0.717) is 27.8 Å². The van der Waals surface area contributed by atoms with E-state index >= 15 is 0 Å². The average molecular weight is 589 g/mol. The number of aromatic amines is 1. The number of nitrogens with one attached hydrogen (secondary N) is 1. The molecule has 172 valence electrons. The lowest BCUT2D eigenvalue weighted by molar-refractivity contribution is 0.302. The molecule has 1 atom stereocenters. The van der Waals surface area contributed by atoms with Crippen LogP contribution in [0, 0.1) is 11.3 Å². The summed E-state index contributed by atoms with van der Waals surface area (Å²) in [6.45, 7) is 2.10. The Morgan fingerprint density at radius 1 is 1.29 bits per heavy atom. The van der Waals surface area contributed by atoms with Gasteiger partial charge in [0.2, 0.25) is 11.8 Å². The maximum Gasteiger partial charge on any atom is 0.253 e. The highest BCUT2D eigenvalue weighted by Crippen LogP contribution is 2.32. The molecule has 0 spiro atoms. The zero-order valence-electron chi connectivity index (χ0n) is 18.1. The summed E-state index contributed by atoms with van der Waals surface area (Å²) in [5.41, 5.74) is 1.81. The number of H-pyrrole nitrogens is 1. The number of anilines is 1. The molecule has 0 radical (unpaired) electrons. The minimum Gasteiger partial charge on any atom is -0.486 e. The monoisotopic (exact) mass is 588 g/mol. The normalized spacial score (nSPS) is 11.6. The molecule has 0 fully saturated rings. The van der Waals surface area contributed by atoms with Crippen LogP contribution in [0.2, 0.25) is 5.02 Å². The number of ether oxygens (including phenoxy) is 2. The first-order valence-corrected chi connectivity index (χ1v) is 11.4. The summed E-state index contributed by atoms with van der Waals surface area (Å²) in [5.74, 6) is 0.920. The van der Waals surface area contributed by atoms with Crippen LogP contribution in [0.25, 0.3) is 10.9 Å². The minimum absolute atomic E-state index is 0.166. The number of methoxy groups -OCH3 is 1. The van der Waals surface area contributed by atoms with Gasteiger partial charge in [-0.25, -0.2) is 4.98 Å². The van der Waals surface area contributed by atoms with Crippen molar-refractivity contribution in [3.8, 4) is 17.7 Å². The van der Waals surface area contributed by atoms with Crippen molar-refractivity contribution >= 4 is 51.3 Å². The predicted octanol–water partition coefficient (Wildman–Crippen LogP) is 4.74. The number of nitrogens with zero attached hydrogens (tertiary/aromatic N) is 5. The van der Waals surface area contributed by atoms with Crippen molar-refractivity contribution in [1.29, 1.82) is 5.26 Å². The fraction of sp³-hybridized carbons (Fsp3) is 0.174. The van der Waals surface area contributed by atoms with Crippen molar-refractivity contribution in [2.45, 2.75) is 19.6 Å². The van der Waals surface area contributed by atoms with Gasteiger partial charge in [-0.3, -0.25) is 12.9 Å². The predicted molar refractivity (Wildman–Crippen MR) is 136 cm³/mol. The number of nitriles is 1. The molecule has 0 saturated heterocycles. The van der Waals surface area contributed by atoms with E-state index in [1.54, 1.807) is 27.5 Å². The van der Waals surface area contributed by atoms with Crippen LogP contribution in [-0.2, 0) is 6.61 Å². The Kier molecular flexibility index (Phi) is 7.14. The molecule has 0 bridgehead atoms. The zero-order valence-corrected chi connectivity index (χ0v) is 21.0. The van der Waals surface area contributed by atoms with E-state index in [0.717, 1.165) is 11.1 Å². The summed E-state index contributed by atoms with van der Waals surface area (Å²) >= 11 is 8.48. The third-order valence-corrected chi connectivity index (χ3v) is 6.63. The average Bonchev–Trinajstić information content (AvgIpc) is 2.86. The summed E-state index contributed by atoms with van der Waals surface area (Å²) < 4.78 is 12.7. The number of benzene rings is 1. The molecule has 4 aromatic rings. The summed E-state index contributed by atoms with van der Waals surface area (Å²) in [6.07, 6.45) is 3.08. The highest BCUT2D eigenvalue weighted by atomic mass is 127. The molecule has 1 aromatic carbocycles. The molecular weight excluding hydrogens is 571 g/mol. The number of pyridine rings is 2. The fourth-order valence-electron chi connectivity index (χ4n) is 3.27. The molecule has 34 heavy (non-hydrogen) atoms. The largest absolute Gasteiger partial charge is 0.486 e. The Bertz CT molecular complexity index is 1440. The summed E-state index contributed by atoms with van der Waals surface area (Å²) in [6, 6.07) is 12.4. The van der Waals surface area contributed by atoms with Gasteiger partial charge in [0, 0.05) is 23.2 Å². The quantitative estimate of drug-likeness (QED) is 0.243. The fourth-order valence-corrected chi connectivity index (χ4v) is 4.03. The van der Waals surface area contributed by atoms with E-state index in [1.807, 2.05) is 54.1 Å². The van der Waals surface area contributed by atoms with Crippen LogP contribution in [-0.4, -0.2) is 27.0 Å². The molecule has 0 amide bonds. The summed E-state index contributed by atoms with van der Waals surface area (Å²) in [7, 11) is 1.43. The molecule has 0 aliphatic carbocycles. The SMILES string of the molecule is COc1nc(N(I)[C@@H](C)c2cc3cc(Cl)c(OCc4ccccn4)cc3[nH]c2=O)ncc1C#N. The molecule has 11 heteroatoms. The highest BCUT2D eigenvalue weighted by molar-refractivity contribution is 14.1. The van der Waals surface area contributed by atoms with Gasteiger partial charge in [-0.15, -0.1) is 0 Å². The topological polar surface area (TPSA) is 117 Å². The van der Waals surface area contributed by atoms with Crippen molar-refractivity contribution in [2.75, 3.05) is 10.2 Å². The van der Waals surface area contributed by atoms with E-state index in [1.165, 1.54) is 13.3 Å². The second-order valence-electron chi connectivity index (χ2n) is 7.23. The van der Waals surface area contributed by atoms with Gasteiger partial charge < -0.3 is 14.5 Å². The Hall–Kier alpha value is -3.43. The first-order chi connectivity index (χ1) is 16.4. The minimum atomic E-state index is -0.398. The van der Waals surface area contributed by atoms with E-state index in [-0.39, 0.29) is 23.6 Å². The number of halogens is 2. The van der Waals surface area contributed by atoms with Gasteiger partial charge in [0.1, 0.15) is 24.0 Å². The molecule has 0 saturated carbocycles. The molecule has 3 heterocycles. The second kappa shape index (κ2) is 10.2. The standard InChI is InChI=1S/C23H18ClIN6O3/c1-13(31(25)23-28-11-15(10-26)22(30-23)33-2)17-7-14-8-18(24)20(9-19(14)29-21(17)32)34-12-16-5-3-4-6-27-16/h3-9,11,13H,12H2,1-2H3,(H,29,32)/t13-/m0/s1. The Morgan fingerprint density at radius 2 is 2.12 bits per heavy atom. The van der Waals surface area contributed by atoms with Crippen molar-refractivity contribution in [2.24, 2.45) is 0 Å². The molecule has 4 rings (SSSR count). The zero-order chi connectivity index (χ0) is 24.2. The van der Waals surface area contributed by atoms with Gasteiger partial charge in [-0.1, -0.05) is 17.7 Å². The molecule has 3 aromatic heterocycles. The Balaban J connectivity index is 1.62. The van der Waals surface area contributed by atoms with Crippen LogP contribution in [0.3, 0.4) is 0 Å². The van der Waals surface area contributed by atoms with Crippen molar-refractivity contribution in [3.63, 3.8) is 0 Å². The van der Waals surface area contributed by atoms with Crippen LogP contribution >= 0.6 is 34.5 Å². The lowest BCUT2D eigenvalue weighted by Gasteiger charge is -2.23. The van der Waals surface area contributed by atoms with E-state index in [2.05, 4.69) is 19.9 Å². The lowest BCUT2D eigenvalue weighted by Crippen LogP contribution is -2.24. The van der Waals surface area contributed by atoms with Gasteiger partial charge >= 0.3 is 0 Å². The van der Waals surface area contributed by atoms with Gasteiger partial charge in [0.05, 0.1) is 58.4 Å². The second-order valence-corrected chi connectivity index (χ2v) is 8.67. The first-order valence-electron chi connectivity index (χ1n) is 10.1. The number of hydrogen-bond acceptors (Lipinski definition) is 8. The van der Waals surface area contributed by atoms with Gasteiger partial charge in [-0.05, 0) is 31.2 Å². The summed E-state index contributed by atoms with van der Waals surface area (Å²) in [4.78, 5) is 28.6. The van der Waals surface area contributed by atoms with Crippen LogP contribution in [0.15, 0.2) is 53.6 Å². The van der Waals surface area contributed by atoms with Crippen molar-refractivity contribution in [1.82, 2.24) is 19.9 Å².